The molecule has 10 aromatic rings. The van der Waals surface area contributed by atoms with E-state index >= 15 is 0 Å². The quantitative estimate of drug-likeness (QED) is 0.175. The number of benzene rings is 8. The van der Waals surface area contributed by atoms with Gasteiger partial charge in [0.1, 0.15) is 0 Å². The lowest BCUT2D eigenvalue weighted by atomic mass is 9.55. The number of nitrogens with zero attached hydrogens (tertiary/aromatic N) is 4. The number of halogens is 2. The van der Waals surface area contributed by atoms with Gasteiger partial charge in [-0.1, -0.05) is 147 Å². The number of aromatic nitrogens is 4. The van der Waals surface area contributed by atoms with Crippen molar-refractivity contribution in [3.63, 3.8) is 0 Å². The zero-order chi connectivity index (χ0) is 39.4. The van der Waals surface area contributed by atoms with E-state index in [1.165, 1.54) is 88.7 Å². The topological polar surface area (TPSA) is 43.6 Å². The second kappa shape index (κ2) is 11.5. The number of hydrogen-bond donors (Lipinski definition) is 0. The maximum Gasteiger partial charge on any atom is 0.227 e. The molecule has 278 valence electrons. The summed E-state index contributed by atoms with van der Waals surface area (Å²) in [4.78, 5) is 12.8. The zero-order valence-electron chi connectivity index (χ0n) is 32.1. The van der Waals surface area contributed by atoms with Crippen LogP contribution in [0.4, 0.5) is 0 Å². The summed E-state index contributed by atoms with van der Waals surface area (Å²) in [6.07, 6.45) is 0. The molecule has 0 bridgehead atoms. The van der Waals surface area contributed by atoms with Gasteiger partial charge in [0.2, 0.25) is 10.6 Å². The van der Waals surface area contributed by atoms with Crippen molar-refractivity contribution in [3.05, 3.63) is 202 Å². The molecule has 1 aliphatic heterocycles. The highest BCUT2D eigenvalue weighted by Crippen LogP contribution is 2.66. The molecule has 0 fully saturated rings. The first kappa shape index (κ1) is 33.4. The Bertz CT molecular complexity index is 3450. The van der Waals surface area contributed by atoms with E-state index < -0.39 is 5.41 Å². The van der Waals surface area contributed by atoms with E-state index in [1.807, 2.05) is 6.07 Å². The third-order valence-corrected chi connectivity index (χ3v) is 13.9. The Labute approximate surface area is 350 Å². The molecule has 4 nitrogen and oxygen atoms in total. The van der Waals surface area contributed by atoms with E-state index in [0.29, 0.717) is 5.82 Å². The van der Waals surface area contributed by atoms with Gasteiger partial charge in [-0.05, 0) is 114 Å². The molecule has 1 spiro atoms. The van der Waals surface area contributed by atoms with Gasteiger partial charge in [0, 0.05) is 32.9 Å². The maximum absolute atomic E-state index is 6.22. The molecule has 0 N–H and O–H groups in total. The number of hydrogen-bond acceptors (Lipinski definition) is 3. The van der Waals surface area contributed by atoms with Crippen LogP contribution in [-0.4, -0.2) is 19.5 Å². The van der Waals surface area contributed by atoms with Gasteiger partial charge in [0.05, 0.1) is 22.1 Å². The molecular weight excluding hydrogens is 764 g/mol. The van der Waals surface area contributed by atoms with Crippen molar-refractivity contribution in [3.8, 4) is 50.5 Å². The molecule has 13 rings (SSSR count). The predicted octanol–water partition coefficient (Wildman–Crippen LogP) is 13.7. The van der Waals surface area contributed by atoms with Crippen LogP contribution in [0.3, 0.4) is 0 Å². The van der Waals surface area contributed by atoms with Crippen LogP contribution in [0.1, 0.15) is 47.2 Å². The Kier molecular flexibility index (Phi) is 6.53. The van der Waals surface area contributed by atoms with E-state index in [4.69, 9.17) is 23.2 Å². The van der Waals surface area contributed by atoms with Gasteiger partial charge in [-0.15, -0.1) is 0 Å². The standard InChI is InChI=1S/C53H32Cl2N4/c1-52(2)37-13-5-7-15-39(37)53(40-16-8-6-14-38(40)52)41-25-23-33(30-21-19-29-20-22-31(28-32(29)27-30)49-56-50(54)58-51(55)57-49)45-36-12-4-10-18-44(36)59-43-17-9-3-11-34(43)35-24-26-42(53)47(46(41)45)48(35)59/h3-28H,1-2H3. The van der Waals surface area contributed by atoms with Gasteiger partial charge in [0.15, 0.2) is 5.82 Å². The molecule has 0 atom stereocenters. The fourth-order valence-electron chi connectivity index (χ4n) is 11.2. The summed E-state index contributed by atoms with van der Waals surface area (Å²) in [7, 11) is 0. The Hall–Kier alpha value is -6.59. The molecule has 0 radical (unpaired) electrons. The molecule has 59 heavy (non-hydrogen) atoms. The highest BCUT2D eigenvalue weighted by Gasteiger charge is 2.55. The average Bonchev–Trinajstić information content (AvgIpc) is 3.71. The van der Waals surface area contributed by atoms with Crippen LogP contribution in [0, 0.1) is 0 Å². The lowest BCUT2D eigenvalue weighted by Crippen LogP contribution is -2.40. The average molecular weight is 796 g/mol. The summed E-state index contributed by atoms with van der Waals surface area (Å²) < 4.78 is 2.55. The van der Waals surface area contributed by atoms with Crippen LogP contribution in [-0.2, 0) is 10.8 Å². The van der Waals surface area contributed by atoms with Crippen molar-refractivity contribution in [2.75, 3.05) is 0 Å². The summed E-state index contributed by atoms with van der Waals surface area (Å²) in [5.41, 5.74) is 19.3. The van der Waals surface area contributed by atoms with E-state index in [1.54, 1.807) is 0 Å². The highest BCUT2D eigenvalue weighted by atomic mass is 35.5. The van der Waals surface area contributed by atoms with E-state index in [-0.39, 0.29) is 16.0 Å². The van der Waals surface area contributed by atoms with Crippen molar-refractivity contribution < 1.29 is 0 Å². The normalized spacial score (nSPS) is 14.7. The molecule has 6 heteroatoms. The first-order valence-electron chi connectivity index (χ1n) is 20.0. The molecule has 8 aromatic carbocycles. The Morgan fingerprint density at radius 2 is 1.07 bits per heavy atom. The molecule has 2 aliphatic carbocycles. The first-order chi connectivity index (χ1) is 28.8. The van der Waals surface area contributed by atoms with Gasteiger partial charge in [0.25, 0.3) is 0 Å². The lowest BCUT2D eigenvalue weighted by molar-refractivity contribution is 0.563. The smallest absolute Gasteiger partial charge is 0.227 e. The second-order valence-corrected chi connectivity index (χ2v) is 17.3. The van der Waals surface area contributed by atoms with Crippen LogP contribution in [0.25, 0.3) is 83.0 Å². The summed E-state index contributed by atoms with van der Waals surface area (Å²) in [5, 5.41) is 4.85. The largest absolute Gasteiger partial charge is 0.308 e. The van der Waals surface area contributed by atoms with Gasteiger partial charge in [-0.25, -0.2) is 0 Å². The van der Waals surface area contributed by atoms with Crippen molar-refractivity contribution in [1.82, 2.24) is 19.5 Å². The minimum absolute atomic E-state index is 0.0676. The van der Waals surface area contributed by atoms with E-state index in [2.05, 4.69) is 185 Å². The molecule has 0 saturated carbocycles. The van der Waals surface area contributed by atoms with Crippen LogP contribution in [0.5, 0.6) is 0 Å². The highest BCUT2D eigenvalue weighted by molar-refractivity contribution is 6.31. The summed E-state index contributed by atoms with van der Waals surface area (Å²) in [5.74, 6) is 0.441. The van der Waals surface area contributed by atoms with Crippen LogP contribution in [0.2, 0.25) is 10.6 Å². The molecule has 3 aliphatic rings. The van der Waals surface area contributed by atoms with E-state index in [0.717, 1.165) is 21.9 Å². The molecule has 0 amide bonds. The Morgan fingerprint density at radius 3 is 1.83 bits per heavy atom. The SMILES string of the molecule is CC1(C)c2ccccc2C2(c3ccccc31)c1ccc(-c3ccc4ccc(-c5nc(Cl)nc(Cl)n5)cc4c3)c3c1-c1c2ccc2c4ccccc4n(c12)-c1ccccc1-3. The third kappa shape index (κ3) is 4.17. The maximum atomic E-state index is 6.22. The van der Waals surface area contributed by atoms with Crippen molar-refractivity contribution in [1.29, 1.82) is 0 Å². The van der Waals surface area contributed by atoms with Gasteiger partial charge < -0.3 is 4.57 Å². The summed E-state index contributed by atoms with van der Waals surface area (Å²) in [6, 6.07) is 59.0. The molecule has 0 saturated heterocycles. The van der Waals surface area contributed by atoms with Crippen molar-refractivity contribution >= 4 is 55.8 Å². The van der Waals surface area contributed by atoms with Crippen molar-refractivity contribution in [2.45, 2.75) is 24.7 Å². The number of para-hydroxylation sites is 2. The Morgan fingerprint density at radius 1 is 0.458 bits per heavy atom. The molecule has 3 heterocycles. The minimum Gasteiger partial charge on any atom is -0.308 e. The number of fused-ring (bicyclic) bond motifs is 13. The van der Waals surface area contributed by atoms with Crippen LogP contribution in [0.15, 0.2) is 158 Å². The van der Waals surface area contributed by atoms with Gasteiger partial charge >= 0.3 is 0 Å². The molecular formula is C53H32Cl2N4. The lowest BCUT2D eigenvalue weighted by Gasteiger charge is -2.46. The third-order valence-electron chi connectivity index (χ3n) is 13.5. The summed E-state index contributed by atoms with van der Waals surface area (Å²) in [6.45, 7) is 4.77. The van der Waals surface area contributed by atoms with Crippen molar-refractivity contribution in [2.24, 2.45) is 0 Å². The van der Waals surface area contributed by atoms with E-state index in [9.17, 15) is 0 Å². The van der Waals surface area contributed by atoms with Crippen LogP contribution < -0.4 is 0 Å². The minimum atomic E-state index is -0.534. The molecule has 2 aromatic heterocycles. The zero-order valence-corrected chi connectivity index (χ0v) is 33.6. The Balaban J connectivity index is 1.19. The molecule has 0 unspecified atom stereocenters. The second-order valence-electron chi connectivity index (χ2n) is 16.6. The van der Waals surface area contributed by atoms with Gasteiger partial charge in [-0.3, -0.25) is 0 Å². The fourth-order valence-corrected chi connectivity index (χ4v) is 11.5. The van der Waals surface area contributed by atoms with Gasteiger partial charge in [-0.2, -0.15) is 15.0 Å². The fraction of sp³-hybridized carbons (Fsp3) is 0.0755. The predicted molar refractivity (Wildman–Crippen MR) is 241 cm³/mol. The monoisotopic (exact) mass is 794 g/mol. The first-order valence-corrected chi connectivity index (χ1v) is 20.8. The number of rotatable bonds is 2. The van der Waals surface area contributed by atoms with Crippen LogP contribution >= 0.6 is 23.2 Å². The summed E-state index contributed by atoms with van der Waals surface area (Å²) >= 11 is 12.4.